The van der Waals surface area contributed by atoms with Crippen LogP contribution in [0.5, 0.6) is 0 Å². The van der Waals surface area contributed by atoms with Crippen molar-refractivity contribution in [1.29, 1.82) is 0 Å². The van der Waals surface area contributed by atoms with Gasteiger partial charge in [0, 0.05) is 25.0 Å². The monoisotopic (exact) mass is 242 g/mol. The van der Waals surface area contributed by atoms with Gasteiger partial charge in [0.2, 0.25) is 10.0 Å². The normalized spacial score (nSPS) is 12.6. The molecule has 0 amide bonds. The van der Waals surface area contributed by atoms with Gasteiger partial charge in [-0.1, -0.05) is 20.8 Å². The molecule has 0 radical (unpaired) electrons. The number of hydrogen-bond acceptors (Lipinski definition) is 3. The fourth-order valence-electron chi connectivity index (χ4n) is 1.42. The minimum atomic E-state index is -3.23. The van der Waals surface area contributed by atoms with E-state index in [0.29, 0.717) is 5.69 Å². The van der Waals surface area contributed by atoms with Crippen LogP contribution in [0, 0.1) is 0 Å². The lowest BCUT2D eigenvalue weighted by molar-refractivity contribution is 0.584. The molecule has 0 N–H and O–H groups in total. The Balaban J connectivity index is 3.36. The Morgan fingerprint density at radius 2 is 1.88 bits per heavy atom. The minimum Gasteiger partial charge on any atom is -0.273 e. The molecule has 0 aliphatic rings. The van der Waals surface area contributed by atoms with E-state index in [2.05, 4.69) is 4.98 Å². The van der Waals surface area contributed by atoms with Crippen molar-refractivity contribution in [2.24, 2.45) is 0 Å². The molecule has 0 saturated carbocycles. The van der Waals surface area contributed by atoms with Crippen LogP contribution in [0.15, 0.2) is 18.5 Å². The summed E-state index contributed by atoms with van der Waals surface area (Å²) in [4.78, 5) is 4.05. The summed E-state index contributed by atoms with van der Waals surface area (Å²) in [7, 11) is -1.68. The quantitative estimate of drug-likeness (QED) is 0.794. The van der Waals surface area contributed by atoms with Crippen LogP contribution in [0.4, 0.5) is 5.69 Å². The van der Waals surface area contributed by atoms with Gasteiger partial charge in [-0.3, -0.25) is 9.29 Å². The SMILES string of the molecule is CN(c1ccncc1C(C)(C)C)S(C)(=O)=O. The van der Waals surface area contributed by atoms with Gasteiger partial charge in [-0.25, -0.2) is 8.42 Å². The first-order valence-electron chi connectivity index (χ1n) is 5.02. The Morgan fingerprint density at radius 1 is 1.31 bits per heavy atom. The Bertz CT molecular complexity index is 475. The van der Waals surface area contributed by atoms with Crippen LogP contribution in [0.3, 0.4) is 0 Å². The number of pyridine rings is 1. The fraction of sp³-hybridized carbons (Fsp3) is 0.545. The van der Waals surface area contributed by atoms with E-state index in [1.54, 1.807) is 25.5 Å². The first-order chi connectivity index (χ1) is 7.14. The smallest absolute Gasteiger partial charge is 0.232 e. The number of hydrogen-bond donors (Lipinski definition) is 0. The molecule has 0 aliphatic heterocycles. The van der Waals surface area contributed by atoms with Crippen molar-refractivity contribution >= 4 is 15.7 Å². The van der Waals surface area contributed by atoms with E-state index in [1.807, 2.05) is 20.8 Å². The molecule has 0 atom stereocenters. The fourth-order valence-corrected chi connectivity index (χ4v) is 1.93. The van der Waals surface area contributed by atoms with Crippen molar-refractivity contribution in [3.63, 3.8) is 0 Å². The number of rotatable bonds is 2. The molecule has 4 nitrogen and oxygen atoms in total. The third kappa shape index (κ3) is 2.72. The van der Waals surface area contributed by atoms with Crippen LogP contribution < -0.4 is 4.31 Å². The summed E-state index contributed by atoms with van der Waals surface area (Å²) >= 11 is 0. The molecule has 0 fully saturated rings. The van der Waals surface area contributed by atoms with Gasteiger partial charge < -0.3 is 0 Å². The van der Waals surface area contributed by atoms with Gasteiger partial charge in [0.05, 0.1) is 11.9 Å². The van der Waals surface area contributed by atoms with Crippen LogP contribution in [0.25, 0.3) is 0 Å². The van der Waals surface area contributed by atoms with Gasteiger partial charge in [-0.15, -0.1) is 0 Å². The molecular weight excluding hydrogens is 224 g/mol. The molecule has 1 rings (SSSR count). The molecule has 0 aromatic carbocycles. The summed E-state index contributed by atoms with van der Waals surface area (Å²) in [5, 5.41) is 0. The first-order valence-corrected chi connectivity index (χ1v) is 6.87. The van der Waals surface area contributed by atoms with Crippen molar-refractivity contribution in [1.82, 2.24) is 4.98 Å². The maximum Gasteiger partial charge on any atom is 0.232 e. The molecule has 1 aromatic rings. The highest BCUT2D eigenvalue weighted by atomic mass is 32.2. The molecule has 5 heteroatoms. The number of aromatic nitrogens is 1. The maximum atomic E-state index is 11.5. The van der Waals surface area contributed by atoms with Gasteiger partial charge in [-0.05, 0) is 11.5 Å². The third-order valence-corrected chi connectivity index (χ3v) is 3.63. The molecule has 0 bridgehead atoms. The number of sulfonamides is 1. The molecule has 0 aliphatic carbocycles. The molecule has 16 heavy (non-hydrogen) atoms. The molecule has 1 heterocycles. The highest BCUT2D eigenvalue weighted by Crippen LogP contribution is 2.31. The summed E-state index contributed by atoms with van der Waals surface area (Å²) in [6.07, 6.45) is 4.52. The molecule has 1 aromatic heterocycles. The molecule has 0 spiro atoms. The zero-order valence-corrected chi connectivity index (χ0v) is 11.2. The lowest BCUT2D eigenvalue weighted by Gasteiger charge is -2.26. The Hall–Kier alpha value is -1.10. The van der Waals surface area contributed by atoms with Gasteiger partial charge in [-0.2, -0.15) is 0 Å². The van der Waals surface area contributed by atoms with Gasteiger partial charge >= 0.3 is 0 Å². The zero-order valence-electron chi connectivity index (χ0n) is 10.4. The van der Waals surface area contributed by atoms with Crippen molar-refractivity contribution in [3.8, 4) is 0 Å². The highest BCUT2D eigenvalue weighted by Gasteiger charge is 2.23. The molecule has 0 unspecified atom stereocenters. The van der Waals surface area contributed by atoms with E-state index in [1.165, 1.54) is 10.6 Å². The number of nitrogens with zero attached hydrogens (tertiary/aromatic N) is 2. The predicted molar refractivity (Wildman–Crippen MR) is 66.2 cm³/mol. The van der Waals surface area contributed by atoms with E-state index in [4.69, 9.17) is 0 Å². The van der Waals surface area contributed by atoms with Gasteiger partial charge in [0.25, 0.3) is 0 Å². The van der Waals surface area contributed by atoms with Crippen LogP contribution in [-0.2, 0) is 15.4 Å². The maximum absolute atomic E-state index is 11.5. The second kappa shape index (κ2) is 4.05. The largest absolute Gasteiger partial charge is 0.273 e. The first kappa shape index (κ1) is 13.0. The summed E-state index contributed by atoms with van der Waals surface area (Å²) in [6, 6.07) is 1.72. The van der Waals surface area contributed by atoms with Crippen molar-refractivity contribution in [2.45, 2.75) is 26.2 Å². The predicted octanol–water partition coefficient (Wildman–Crippen LogP) is 1.77. The Morgan fingerprint density at radius 3 is 2.31 bits per heavy atom. The lowest BCUT2D eigenvalue weighted by atomic mass is 9.87. The zero-order chi connectivity index (χ0) is 12.6. The van der Waals surface area contributed by atoms with Gasteiger partial charge in [0.1, 0.15) is 0 Å². The van der Waals surface area contributed by atoms with E-state index < -0.39 is 10.0 Å². The average molecular weight is 242 g/mol. The van der Waals surface area contributed by atoms with E-state index >= 15 is 0 Å². The van der Waals surface area contributed by atoms with Crippen LogP contribution in [0.1, 0.15) is 26.3 Å². The number of anilines is 1. The average Bonchev–Trinajstić information content (AvgIpc) is 2.14. The Labute approximate surface area is 97.4 Å². The second-order valence-electron chi connectivity index (χ2n) is 4.87. The second-order valence-corrected chi connectivity index (χ2v) is 6.89. The summed E-state index contributed by atoms with van der Waals surface area (Å²) < 4.78 is 24.3. The van der Waals surface area contributed by atoms with E-state index in [-0.39, 0.29) is 5.41 Å². The molecule has 0 saturated heterocycles. The van der Waals surface area contributed by atoms with E-state index in [0.717, 1.165) is 5.56 Å². The van der Waals surface area contributed by atoms with Crippen LogP contribution in [-0.4, -0.2) is 26.7 Å². The summed E-state index contributed by atoms with van der Waals surface area (Å²) in [5.41, 5.74) is 1.47. The molecular formula is C11H18N2O2S. The van der Waals surface area contributed by atoms with Gasteiger partial charge in [0.15, 0.2) is 0 Å². The Kier molecular flexibility index (Phi) is 3.28. The lowest BCUT2D eigenvalue weighted by Crippen LogP contribution is -2.28. The minimum absolute atomic E-state index is 0.136. The van der Waals surface area contributed by atoms with Crippen molar-refractivity contribution in [2.75, 3.05) is 17.6 Å². The molecule has 90 valence electrons. The van der Waals surface area contributed by atoms with Crippen molar-refractivity contribution < 1.29 is 8.42 Å². The third-order valence-electron chi connectivity index (χ3n) is 2.44. The standard InChI is InChI=1S/C11H18N2O2S/c1-11(2,3)9-8-12-7-6-10(9)13(4)16(5,14)15/h6-8H,1-5H3. The van der Waals surface area contributed by atoms with Crippen LogP contribution >= 0.6 is 0 Å². The van der Waals surface area contributed by atoms with Crippen molar-refractivity contribution in [3.05, 3.63) is 24.0 Å². The highest BCUT2D eigenvalue weighted by molar-refractivity contribution is 7.92. The summed E-state index contributed by atoms with van der Waals surface area (Å²) in [6.45, 7) is 6.09. The van der Waals surface area contributed by atoms with Crippen LogP contribution in [0.2, 0.25) is 0 Å². The summed E-state index contributed by atoms with van der Waals surface area (Å²) in [5.74, 6) is 0. The van der Waals surface area contributed by atoms with E-state index in [9.17, 15) is 8.42 Å². The topological polar surface area (TPSA) is 50.3 Å².